The Bertz CT molecular complexity index is 956. The van der Waals surface area contributed by atoms with Gasteiger partial charge in [-0.15, -0.1) is 24.0 Å². The molecule has 150 valence electrons. The maximum Gasteiger partial charge on any atom is 0.190 e. The molecule has 3 rings (SSSR count). The molecule has 0 atom stereocenters. The topological polar surface area (TPSA) is 52.2 Å². The number of aliphatic imine (C=N–C) groups is 1. The molecule has 0 aliphatic rings. The summed E-state index contributed by atoms with van der Waals surface area (Å²) in [4.78, 5) is 7.24. The van der Waals surface area contributed by atoms with Crippen molar-refractivity contribution < 1.29 is 13.2 Å². The van der Waals surface area contributed by atoms with Crippen LogP contribution in [-0.2, 0) is 12.8 Å². The molecule has 0 saturated heterocycles. The van der Waals surface area contributed by atoms with Gasteiger partial charge in [-0.2, -0.15) is 0 Å². The summed E-state index contributed by atoms with van der Waals surface area (Å²) in [6.07, 6.45) is 2.89. The Morgan fingerprint density at radius 3 is 2.43 bits per heavy atom. The Morgan fingerprint density at radius 2 is 1.71 bits per heavy atom. The van der Waals surface area contributed by atoms with E-state index in [9.17, 15) is 13.2 Å². The number of H-pyrrole nitrogens is 1. The first-order valence-corrected chi connectivity index (χ1v) is 8.71. The van der Waals surface area contributed by atoms with Gasteiger partial charge in [-0.05, 0) is 48.2 Å². The van der Waals surface area contributed by atoms with E-state index >= 15 is 0 Å². The van der Waals surface area contributed by atoms with Gasteiger partial charge in [0.1, 0.15) is 5.82 Å². The van der Waals surface area contributed by atoms with E-state index in [2.05, 4.69) is 20.6 Å². The quantitative estimate of drug-likeness (QED) is 0.270. The van der Waals surface area contributed by atoms with Gasteiger partial charge in [0.15, 0.2) is 17.6 Å². The second kappa shape index (κ2) is 10.4. The van der Waals surface area contributed by atoms with E-state index in [4.69, 9.17) is 0 Å². The predicted molar refractivity (Wildman–Crippen MR) is 117 cm³/mol. The molecule has 1 aromatic heterocycles. The summed E-state index contributed by atoms with van der Waals surface area (Å²) in [6, 6.07) is 8.81. The van der Waals surface area contributed by atoms with E-state index in [1.807, 2.05) is 6.20 Å². The van der Waals surface area contributed by atoms with Gasteiger partial charge in [-0.25, -0.2) is 13.2 Å². The van der Waals surface area contributed by atoms with Crippen molar-refractivity contribution in [3.05, 3.63) is 71.2 Å². The number of nitrogens with one attached hydrogen (secondary N) is 3. The average Bonchev–Trinajstić information content (AvgIpc) is 3.06. The summed E-state index contributed by atoms with van der Waals surface area (Å²) in [5.41, 5.74) is 2.22. The SMILES string of the molecule is CN=C(NCCc1cccc(F)c1F)NCCc1c[nH]c2ccc(F)cc12.I. The first-order chi connectivity index (χ1) is 13.1. The molecule has 28 heavy (non-hydrogen) atoms. The van der Waals surface area contributed by atoms with Crippen molar-refractivity contribution in [3.8, 4) is 0 Å². The van der Waals surface area contributed by atoms with E-state index in [0.29, 0.717) is 37.5 Å². The van der Waals surface area contributed by atoms with Gasteiger partial charge >= 0.3 is 0 Å². The van der Waals surface area contributed by atoms with Crippen LogP contribution in [0, 0.1) is 17.5 Å². The fourth-order valence-electron chi connectivity index (χ4n) is 2.95. The van der Waals surface area contributed by atoms with Crippen molar-refractivity contribution >= 4 is 40.8 Å². The first kappa shape index (κ1) is 22.1. The van der Waals surface area contributed by atoms with E-state index in [0.717, 1.165) is 22.5 Å². The van der Waals surface area contributed by atoms with Gasteiger partial charge in [-0.1, -0.05) is 12.1 Å². The number of fused-ring (bicyclic) bond motifs is 1. The van der Waals surface area contributed by atoms with Gasteiger partial charge in [0.2, 0.25) is 0 Å². The van der Waals surface area contributed by atoms with Crippen LogP contribution in [0.2, 0.25) is 0 Å². The molecular formula is C20H22F3IN4. The third-order valence-electron chi connectivity index (χ3n) is 4.36. The Balaban J connectivity index is 0.00000280. The van der Waals surface area contributed by atoms with Crippen LogP contribution in [0.3, 0.4) is 0 Å². The number of benzene rings is 2. The lowest BCUT2D eigenvalue weighted by Crippen LogP contribution is -2.39. The molecular weight excluding hydrogens is 480 g/mol. The number of nitrogens with zero attached hydrogens (tertiary/aromatic N) is 1. The molecule has 2 aromatic carbocycles. The minimum atomic E-state index is -0.842. The molecule has 0 aliphatic carbocycles. The van der Waals surface area contributed by atoms with Crippen molar-refractivity contribution in [1.82, 2.24) is 15.6 Å². The van der Waals surface area contributed by atoms with Crippen molar-refractivity contribution in [2.75, 3.05) is 20.1 Å². The molecule has 4 nitrogen and oxygen atoms in total. The Kier molecular flexibility index (Phi) is 8.16. The molecule has 0 amide bonds. The second-order valence-corrected chi connectivity index (χ2v) is 6.14. The van der Waals surface area contributed by atoms with Crippen LogP contribution < -0.4 is 10.6 Å². The number of aromatic amines is 1. The summed E-state index contributed by atoms with van der Waals surface area (Å²) >= 11 is 0. The first-order valence-electron chi connectivity index (χ1n) is 8.71. The minimum Gasteiger partial charge on any atom is -0.361 e. The summed E-state index contributed by atoms with van der Waals surface area (Å²) in [5, 5.41) is 7.10. The number of rotatable bonds is 6. The van der Waals surface area contributed by atoms with Crippen LogP contribution in [0.15, 0.2) is 47.6 Å². The highest BCUT2D eigenvalue weighted by Crippen LogP contribution is 2.19. The average molecular weight is 502 g/mol. The maximum absolute atomic E-state index is 13.6. The van der Waals surface area contributed by atoms with Crippen LogP contribution in [0.1, 0.15) is 11.1 Å². The number of halogens is 4. The zero-order valence-corrected chi connectivity index (χ0v) is 17.7. The molecule has 0 unspecified atom stereocenters. The Hall–Kier alpha value is -2.23. The number of aromatic nitrogens is 1. The zero-order chi connectivity index (χ0) is 19.2. The summed E-state index contributed by atoms with van der Waals surface area (Å²) < 4.78 is 40.3. The van der Waals surface area contributed by atoms with Crippen LogP contribution in [-0.4, -0.2) is 31.1 Å². The molecule has 3 N–H and O–H groups in total. The van der Waals surface area contributed by atoms with Gasteiger partial charge < -0.3 is 15.6 Å². The van der Waals surface area contributed by atoms with E-state index < -0.39 is 11.6 Å². The Labute approximate surface area is 178 Å². The van der Waals surface area contributed by atoms with E-state index in [-0.39, 0.29) is 29.8 Å². The lowest BCUT2D eigenvalue weighted by Gasteiger charge is -2.12. The van der Waals surface area contributed by atoms with Crippen molar-refractivity contribution in [2.45, 2.75) is 12.8 Å². The van der Waals surface area contributed by atoms with Crippen LogP contribution in [0.5, 0.6) is 0 Å². The summed E-state index contributed by atoms with van der Waals surface area (Å²) in [7, 11) is 1.64. The highest BCUT2D eigenvalue weighted by Gasteiger charge is 2.08. The molecule has 8 heteroatoms. The predicted octanol–water partition coefficient (Wildman–Crippen LogP) is 4.15. The maximum atomic E-state index is 13.6. The molecule has 0 spiro atoms. The minimum absolute atomic E-state index is 0. The number of hydrogen-bond acceptors (Lipinski definition) is 1. The highest BCUT2D eigenvalue weighted by atomic mass is 127. The van der Waals surface area contributed by atoms with Crippen molar-refractivity contribution in [3.63, 3.8) is 0 Å². The van der Waals surface area contributed by atoms with Gasteiger partial charge in [0.25, 0.3) is 0 Å². The van der Waals surface area contributed by atoms with Crippen LogP contribution in [0.25, 0.3) is 10.9 Å². The van der Waals surface area contributed by atoms with Crippen molar-refractivity contribution in [1.29, 1.82) is 0 Å². The highest BCUT2D eigenvalue weighted by molar-refractivity contribution is 14.0. The summed E-state index contributed by atoms with van der Waals surface area (Å²) in [5.74, 6) is -1.35. The smallest absolute Gasteiger partial charge is 0.190 e. The molecule has 0 aliphatic heterocycles. The standard InChI is InChI=1S/C20H21F3N4.HI/c1-24-20(25-9-7-13-3-2-4-17(22)19(13)23)26-10-8-14-12-27-18-6-5-15(21)11-16(14)18;/h2-6,11-12,27H,7-10H2,1H3,(H2,24,25,26);1H. The molecule has 3 aromatic rings. The molecule has 1 heterocycles. The van der Waals surface area contributed by atoms with E-state index in [1.54, 1.807) is 19.2 Å². The van der Waals surface area contributed by atoms with Crippen molar-refractivity contribution in [2.24, 2.45) is 4.99 Å². The van der Waals surface area contributed by atoms with E-state index in [1.165, 1.54) is 18.2 Å². The third-order valence-corrected chi connectivity index (χ3v) is 4.36. The second-order valence-electron chi connectivity index (χ2n) is 6.14. The van der Waals surface area contributed by atoms with Crippen LogP contribution >= 0.6 is 24.0 Å². The summed E-state index contributed by atoms with van der Waals surface area (Å²) in [6.45, 7) is 1.01. The molecule has 0 saturated carbocycles. The fourth-order valence-corrected chi connectivity index (χ4v) is 2.95. The largest absolute Gasteiger partial charge is 0.361 e. The third kappa shape index (κ3) is 5.40. The molecule has 0 fully saturated rings. The van der Waals surface area contributed by atoms with Crippen LogP contribution in [0.4, 0.5) is 13.2 Å². The number of guanidine groups is 1. The van der Waals surface area contributed by atoms with Gasteiger partial charge in [-0.3, -0.25) is 4.99 Å². The molecule has 0 bridgehead atoms. The van der Waals surface area contributed by atoms with Gasteiger partial charge in [0.05, 0.1) is 0 Å². The lowest BCUT2D eigenvalue weighted by atomic mass is 10.1. The number of hydrogen-bond donors (Lipinski definition) is 3. The monoisotopic (exact) mass is 502 g/mol. The normalized spacial score (nSPS) is 11.4. The zero-order valence-electron chi connectivity index (χ0n) is 15.4. The van der Waals surface area contributed by atoms with Gasteiger partial charge in [0, 0.05) is 37.2 Å². The lowest BCUT2D eigenvalue weighted by molar-refractivity contribution is 0.498. The molecule has 0 radical (unpaired) electrons. The Morgan fingerprint density at radius 1 is 1.00 bits per heavy atom. The fraction of sp³-hybridized carbons (Fsp3) is 0.250.